The van der Waals surface area contributed by atoms with Gasteiger partial charge in [-0.2, -0.15) is 13.2 Å². The lowest BCUT2D eigenvalue weighted by molar-refractivity contribution is -0.163. The largest absolute Gasteiger partial charge is 0.403 e. The molecule has 0 radical (unpaired) electrons. The van der Waals surface area contributed by atoms with Crippen LogP contribution in [0, 0.1) is 0 Å². The zero-order valence-corrected chi connectivity index (χ0v) is 12.8. The van der Waals surface area contributed by atoms with Gasteiger partial charge in [-0.15, -0.1) is 0 Å². The second-order valence-corrected chi connectivity index (χ2v) is 6.15. The first-order valence-corrected chi connectivity index (χ1v) is 8.36. The van der Waals surface area contributed by atoms with Crippen molar-refractivity contribution in [2.24, 2.45) is 0 Å². The average molecular weight is 293 g/mol. The molecular weight excluding hydrogens is 263 g/mol. The van der Waals surface area contributed by atoms with E-state index in [-0.39, 0.29) is 12.5 Å². The lowest BCUT2D eigenvalue weighted by Crippen LogP contribution is -2.50. The third-order valence-electron chi connectivity index (χ3n) is 4.28. The Bertz CT molecular complexity index is 240. The summed E-state index contributed by atoms with van der Waals surface area (Å²) >= 11 is 0. The van der Waals surface area contributed by atoms with Gasteiger partial charge < -0.3 is 5.32 Å². The first-order valence-electron chi connectivity index (χ1n) is 8.36. The molecule has 1 saturated heterocycles. The van der Waals surface area contributed by atoms with Gasteiger partial charge in [0.15, 0.2) is 0 Å². The van der Waals surface area contributed by atoms with Gasteiger partial charge in [0.1, 0.15) is 6.04 Å². The second-order valence-electron chi connectivity index (χ2n) is 6.15. The maximum atomic E-state index is 12.6. The first kappa shape index (κ1) is 17.8. The summed E-state index contributed by atoms with van der Waals surface area (Å²) in [6, 6.07) is -1.19. The van der Waals surface area contributed by atoms with Crippen LogP contribution in [-0.2, 0) is 0 Å². The van der Waals surface area contributed by atoms with Gasteiger partial charge in [-0.25, -0.2) is 0 Å². The molecule has 0 aliphatic carbocycles. The van der Waals surface area contributed by atoms with E-state index in [4.69, 9.17) is 0 Å². The molecule has 1 heterocycles. The summed E-state index contributed by atoms with van der Waals surface area (Å²) in [5.74, 6) is 0. The van der Waals surface area contributed by atoms with Gasteiger partial charge in [0.25, 0.3) is 0 Å². The van der Waals surface area contributed by atoms with E-state index in [2.05, 4.69) is 12.2 Å². The summed E-state index contributed by atoms with van der Waals surface area (Å²) in [6.07, 6.45) is 8.68. The zero-order valence-electron chi connectivity index (χ0n) is 12.8. The number of piperidine rings is 1. The number of alkyl halides is 3. The Morgan fingerprint density at radius 2 is 1.50 bits per heavy atom. The van der Waals surface area contributed by atoms with Crippen LogP contribution in [0.2, 0.25) is 0 Å². The summed E-state index contributed by atoms with van der Waals surface area (Å²) in [5, 5.41) is 2.79. The molecular formula is C16H30F3N. The number of halogens is 3. The van der Waals surface area contributed by atoms with Crippen molar-refractivity contribution >= 4 is 0 Å². The fraction of sp³-hybridized carbons (Fsp3) is 1.00. The molecule has 0 aromatic heterocycles. The van der Waals surface area contributed by atoms with Crippen LogP contribution < -0.4 is 5.32 Å². The van der Waals surface area contributed by atoms with E-state index in [1.807, 2.05) is 0 Å². The Morgan fingerprint density at radius 3 is 2.10 bits per heavy atom. The van der Waals surface area contributed by atoms with Crippen molar-refractivity contribution in [3.05, 3.63) is 0 Å². The van der Waals surface area contributed by atoms with E-state index in [1.54, 1.807) is 0 Å². The Morgan fingerprint density at radius 1 is 0.900 bits per heavy atom. The number of hydrogen-bond donors (Lipinski definition) is 1. The van der Waals surface area contributed by atoms with Crippen LogP contribution in [0.5, 0.6) is 0 Å². The third kappa shape index (κ3) is 7.51. The minimum atomic E-state index is -4.07. The van der Waals surface area contributed by atoms with Crippen LogP contribution in [0.15, 0.2) is 0 Å². The molecule has 2 unspecified atom stereocenters. The third-order valence-corrected chi connectivity index (χ3v) is 4.28. The van der Waals surface area contributed by atoms with Gasteiger partial charge in [0, 0.05) is 6.04 Å². The van der Waals surface area contributed by atoms with Crippen LogP contribution in [0.3, 0.4) is 0 Å². The highest BCUT2D eigenvalue weighted by Crippen LogP contribution is 2.29. The van der Waals surface area contributed by atoms with E-state index in [1.165, 1.54) is 44.9 Å². The normalized spacial score (nSPS) is 24.0. The van der Waals surface area contributed by atoms with Crippen molar-refractivity contribution in [1.29, 1.82) is 0 Å². The smallest absolute Gasteiger partial charge is 0.303 e. The Kier molecular flexibility index (Phi) is 8.58. The Balaban J connectivity index is 2.01. The molecule has 0 amide bonds. The highest BCUT2D eigenvalue weighted by molar-refractivity contribution is 4.84. The molecule has 1 aliphatic heterocycles. The van der Waals surface area contributed by atoms with Gasteiger partial charge in [0.2, 0.25) is 0 Å². The summed E-state index contributed by atoms with van der Waals surface area (Å²) in [7, 11) is 0. The van der Waals surface area contributed by atoms with Gasteiger partial charge in [-0.1, -0.05) is 64.7 Å². The van der Waals surface area contributed by atoms with Gasteiger partial charge in [-0.05, 0) is 19.3 Å². The number of rotatable bonds is 9. The first-order chi connectivity index (χ1) is 9.54. The highest BCUT2D eigenvalue weighted by atomic mass is 19.4. The Hall–Kier alpha value is -0.250. The topological polar surface area (TPSA) is 12.0 Å². The van der Waals surface area contributed by atoms with Crippen molar-refractivity contribution < 1.29 is 13.2 Å². The summed E-state index contributed by atoms with van der Waals surface area (Å²) in [6.45, 7) is 2.21. The SMILES string of the molecule is CCCCCCCCCCC1CCCC(C(F)(F)F)N1. The summed E-state index contributed by atoms with van der Waals surface area (Å²) in [4.78, 5) is 0. The summed E-state index contributed by atoms with van der Waals surface area (Å²) in [5.41, 5.74) is 0. The van der Waals surface area contributed by atoms with Crippen molar-refractivity contribution in [3.8, 4) is 0 Å². The maximum Gasteiger partial charge on any atom is 0.403 e. The van der Waals surface area contributed by atoms with Gasteiger partial charge >= 0.3 is 6.18 Å². The average Bonchev–Trinajstić information content (AvgIpc) is 2.41. The molecule has 120 valence electrons. The monoisotopic (exact) mass is 293 g/mol. The zero-order chi connectivity index (χ0) is 14.8. The van der Waals surface area contributed by atoms with Crippen LogP contribution in [0.4, 0.5) is 13.2 Å². The van der Waals surface area contributed by atoms with E-state index in [9.17, 15) is 13.2 Å². The van der Waals surface area contributed by atoms with Crippen LogP contribution in [0.25, 0.3) is 0 Å². The van der Waals surface area contributed by atoms with Crippen molar-refractivity contribution in [1.82, 2.24) is 5.32 Å². The number of unbranched alkanes of at least 4 members (excludes halogenated alkanes) is 7. The van der Waals surface area contributed by atoms with Gasteiger partial charge in [-0.3, -0.25) is 0 Å². The fourth-order valence-corrected chi connectivity index (χ4v) is 3.03. The lowest BCUT2D eigenvalue weighted by Gasteiger charge is -2.32. The lowest BCUT2D eigenvalue weighted by atomic mass is 9.94. The minimum absolute atomic E-state index is 0.0791. The predicted molar refractivity (Wildman–Crippen MR) is 77.8 cm³/mol. The molecule has 1 fully saturated rings. The number of nitrogens with one attached hydrogen (secondary N) is 1. The molecule has 0 aromatic carbocycles. The minimum Gasteiger partial charge on any atom is -0.303 e. The molecule has 20 heavy (non-hydrogen) atoms. The molecule has 2 atom stereocenters. The van der Waals surface area contributed by atoms with Gasteiger partial charge in [0.05, 0.1) is 0 Å². The maximum absolute atomic E-state index is 12.6. The second kappa shape index (κ2) is 9.64. The molecule has 0 aromatic rings. The molecule has 1 nitrogen and oxygen atoms in total. The summed E-state index contributed by atoms with van der Waals surface area (Å²) < 4.78 is 37.9. The number of hydrogen-bond acceptors (Lipinski definition) is 1. The van der Waals surface area contributed by atoms with Crippen molar-refractivity contribution in [3.63, 3.8) is 0 Å². The molecule has 4 heteroatoms. The van der Waals surface area contributed by atoms with Crippen molar-refractivity contribution in [2.45, 2.75) is 102 Å². The van der Waals surface area contributed by atoms with Crippen LogP contribution >= 0.6 is 0 Å². The molecule has 0 bridgehead atoms. The van der Waals surface area contributed by atoms with E-state index < -0.39 is 12.2 Å². The highest BCUT2D eigenvalue weighted by Gasteiger charge is 2.41. The predicted octanol–water partition coefficient (Wildman–Crippen LogP) is 5.59. The van der Waals surface area contributed by atoms with Crippen molar-refractivity contribution in [2.75, 3.05) is 0 Å². The molecule has 0 spiro atoms. The Labute approximate surface area is 121 Å². The molecule has 0 saturated carbocycles. The van der Waals surface area contributed by atoms with E-state index in [0.717, 1.165) is 19.3 Å². The fourth-order valence-electron chi connectivity index (χ4n) is 3.03. The standard InChI is InChI=1S/C16H30F3N/c1-2-3-4-5-6-7-8-9-11-14-12-10-13-15(20-14)16(17,18)19/h14-15,20H,2-13H2,1H3. The van der Waals surface area contributed by atoms with Crippen LogP contribution in [-0.4, -0.2) is 18.3 Å². The van der Waals surface area contributed by atoms with Crippen LogP contribution in [0.1, 0.15) is 84.0 Å². The van der Waals surface area contributed by atoms with E-state index in [0.29, 0.717) is 6.42 Å². The molecule has 1 aliphatic rings. The molecule has 1 rings (SSSR count). The quantitative estimate of drug-likeness (QED) is 0.546. The molecule has 1 N–H and O–H groups in total. The van der Waals surface area contributed by atoms with E-state index >= 15 is 0 Å².